The first-order valence-electron chi connectivity index (χ1n) is 18.1. The van der Waals surface area contributed by atoms with Gasteiger partial charge < -0.3 is 28.7 Å². The summed E-state index contributed by atoms with van der Waals surface area (Å²) in [4.78, 5) is 33.1. The quantitative estimate of drug-likeness (QED) is 0.254. The zero-order chi connectivity index (χ0) is 38.3. The summed E-state index contributed by atoms with van der Waals surface area (Å²) in [5.41, 5.74) is 2.80. The predicted octanol–water partition coefficient (Wildman–Crippen LogP) is 4.68. The molecule has 1 spiro atoms. The number of amides is 1. The van der Waals surface area contributed by atoms with Crippen molar-refractivity contribution in [2.45, 2.75) is 63.1 Å². The second-order valence-corrected chi connectivity index (χ2v) is 16.5. The standard InChI is InChI=1S/C38H52ClFN4O8S/c1-26(23-53(41,47)48)9-13-31(40)35(36(45)42(17-19-49-2)18-20-50-3)43-16-6-8-34(43)44-24-38(15-5-7-27-21-29(39)11-12-30(27)38)25-52-33-14-10-28(22-32(33)44)37(46)51-4/h10-14,21-22,26,34-35H,5-9,15-20,23-25H2,1-4H3,(H2,41,47,48)/b31-13-/t26-,34?,35?,38?/m0/s1. The van der Waals surface area contributed by atoms with Crippen LogP contribution in [-0.4, -0.2) is 115 Å². The fraction of sp³-hybridized carbons (Fsp3) is 0.579. The molecule has 0 saturated carbocycles. The average molecular weight is 779 g/mol. The summed E-state index contributed by atoms with van der Waals surface area (Å²) < 4.78 is 62.8. The van der Waals surface area contributed by atoms with Gasteiger partial charge >= 0.3 is 5.97 Å². The maximum atomic E-state index is 16.9. The number of anilines is 1. The SMILES string of the molecule is COCCN(CCOC)C(=O)C(/C(F)=C/C[C@H](C)CS(N)(=O)=O)N1CCCC1N1CC2(CCCc3cc(Cl)ccc32)COc2ccc(C(=O)OC)cc21. The number of allylic oxidation sites excluding steroid dienone is 1. The van der Waals surface area contributed by atoms with Gasteiger partial charge in [0.25, 0.3) is 0 Å². The Morgan fingerprint density at radius 3 is 2.55 bits per heavy atom. The molecule has 0 radical (unpaired) electrons. The number of sulfonamides is 1. The van der Waals surface area contributed by atoms with Gasteiger partial charge in [0.05, 0.1) is 50.1 Å². The maximum absolute atomic E-state index is 16.9. The number of ether oxygens (including phenoxy) is 4. The van der Waals surface area contributed by atoms with E-state index < -0.39 is 51.3 Å². The number of rotatable bonds is 15. The van der Waals surface area contributed by atoms with Crippen LogP contribution in [0.4, 0.5) is 10.1 Å². The van der Waals surface area contributed by atoms with Crippen LogP contribution in [0.2, 0.25) is 5.02 Å². The van der Waals surface area contributed by atoms with Crippen molar-refractivity contribution >= 4 is 39.2 Å². The highest BCUT2D eigenvalue weighted by atomic mass is 35.5. The Kier molecular flexibility index (Phi) is 13.8. The zero-order valence-corrected chi connectivity index (χ0v) is 32.6. The van der Waals surface area contributed by atoms with Gasteiger partial charge in [-0.05, 0) is 85.9 Å². The van der Waals surface area contributed by atoms with Crippen molar-refractivity contribution in [3.05, 3.63) is 70.0 Å². The second kappa shape index (κ2) is 17.9. The molecule has 15 heteroatoms. The second-order valence-electron chi connectivity index (χ2n) is 14.4. The number of hydrogen-bond donors (Lipinski definition) is 1. The lowest BCUT2D eigenvalue weighted by Crippen LogP contribution is -2.58. The van der Waals surface area contributed by atoms with Crippen molar-refractivity contribution in [2.24, 2.45) is 11.1 Å². The number of fused-ring (bicyclic) bond motifs is 3. The van der Waals surface area contributed by atoms with Crippen LogP contribution < -0.4 is 14.8 Å². The van der Waals surface area contributed by atoms with Crippen molar-refractivity contribution in [1.82, 2.24) is 9.80 Å². The van der Waals surface area contributed by atoms with E-state index in [0.717, 1.165) is 30.4 Å². The number of likely N-dealkylation sites (tertiary alicyclic amines) is 1. The van der Waals surface area contributed by atoms with Gasteiger partial charge in [0.15, 0.2) is 0 Å². The highest BCUT2D eigenvalue weighted by Gasteiger charge is 2.48. The van der Waals surface area contributed by atoms with Crippen LogP contribution in [0.1, 0.15) is 60.5 Å². The van der Waals surface area contributed by atoms with Crippen LogP contribution in [0.5, 0.6) is 5.75 Å². The molecule has 3 aliphatic rings. The molecule has 1 aliphatic carbocycles. The zero-order valence-electron chi connectivity index (χ0n) is 31.0. The van der Waals surface area contributed by atoms with Crippen LogP contribution in [0.25, 0.3) is 0 Å². The highest BCUT2D eigenvalue weighted by Crippen LogP contribution is 2.47. The van der Waals surface area contributed by atoms with E-state index >= 15 is 4.39 Å². The molecule has 5 rings (SSSR count). The van der Waals surface area contributed by atoms with E-state index in [1.54, 1.807) is 30.0 Å². The van der Waals surface area contributed by atoms with Gasteiger partial charge in [0.2, 0.25) is 15.9 Å². The third kappa shape index (κ3) is 9.70. The maximum Gasteiger partial charge on any atom is 0.337 e. The Hall–Kier alpha value is -3.27. The monoisotopic (exact) mass is 778 g/mol. The Bertz CT molecular complexity index is 1760. The Balaban J connectivity index is 1.62. The molecular formula is C38H52ClFN4O8S. The summed E-state index contributed by atoms with van der Waals surface area (Å²) in [7, 11) is 0.615. The Morgan fingerprint density at radius 1 is 1.13 bits per heavy atom. The molecule has 2 aliphatic heterocycles. The molecule has 3 unspecified atom stereocenters. The lowest BCUT2D eigenvalue weighted by atomic mass is 9.70. The first-order valence-corrected chi connectivity index (χ1v) is 20.2. The molecular weight excluding hydrogens is 727 g/mol. The number of carbonyl (C=O) groups is 2. The van der Waals surface area contributed by atoms with Crippen LogP contribution in [-0.2, 0) is 40.9 Å². The number of esters is 1. The van der Waals surface area contributed by atoms with E-state index in [-0.39, 0.29) is 38.5 Å². The molecule has 12 nitrogen and oxygen atoms in total. The molecule has 292 valence electrons. The van der Waals surface area contributed by atoms with E-state index in [4.69, 9.17) is 35.7 Å². The Labute approximate surface area is 317 Å². The number of primary sulfonamides is 1. The third-order valence-corrected chi connectivity index (χ3v) is 11.8. The molecule has 53 heavy (non-hydrogen) atoms. The first kappa shape index (κ1) is 40.9. The fourth-order valence-corrected chi connectivity index (χ4v) is 9.15. The van der Waals surface area contributed by atoms with E-state index in [1.807, 2.05) is 17.0 Å². The first-order chi connectivity index (χ1) is 25.3. The lowest BCUT2D eigenvalue weighted by molar-refractivity contribution is -0.138. The number of nitrogens with two attached hydrogens (primary N) is 1. The van der Waals surface area contributed by atoms with Gasteiger partial charge in [-0.2, -0.15) is 0 Å². The number of nitrogens with zero attached hydrogens (tertiary/aromatic N) is 3. The molecule has 0 aromatic heterocycles. The number of hydrogen-bond acceptors (Lipinski definition) is 10. The number of aryl methyl sites for hydroxylation is 1. The van der Waals surface area contributed by atoms with Gasteiger partial charge in [-0.25, -0.2) is 22.7 Å². The van der Waals surface area contributed by atoms with Gasteiger partial charge in [-0.1, -0.05) is 30.7 Å². The van der Waals surface area contributed by atoms with Crippen molar-refractivity contribution < 1.29 is 41.3 Å². The number of carbonyl (C=O) groups excluding carboxylic acids is 2. The summed E-state index contributed by atoms with van der Waals surface area (Å²) in [5.74, 6) is -1.87. The molecule has 2 aromatic carbocycles. The van der Waals surface area contributed by atoms with Crippen molar-refractivity contribution in [3.8, 4) is 5.75 Å². The van der Waals surface area contributed by atoms with Crippen LogP contribution in [0, 0.1) is 5.92 Å². The minimum absolute atomic E-state index is 0.0615. The topological polar surface area (TPSA) is 141 Å². The van der Waals surface area contributed by atoms with E-state index in [9.17, 15) is 18.0 Å². The predicted molar refractivity (Wildman–Crippen MR) is 201 cm³/mol. The van der Waals surface area contributed by atoms with Gasteiger partial charge in [-0.15, -0.1) is 0 Å². The van der Waals surface area contributed by atoms with Crippen LogP contribution >= 0.6 is 11.6 Å². The highest BCUT2D eigenvalue weighted by molar-refractivity contribution is 7.89. The van der Waals surface area contributed by atoms with Gasteiger partial charge in [0.1, 0.15) is 17.6 Å². The number of benzene rings is 2. The Morgan fingerprint density at radius 2 is 1.87 bits per heavy atom. The van der Waals surface area contributed by atoms with Gasteiger partial charge in [0, 0.05) is 50.8 Å². The van der Waals surface area contributed by atoms with Crippen LogP contribution in [0.3, 0.4) is 0 Å². The number of halogens is 2. The molecule has 2 N–H and O–H groups in total. The van der Waals surface area contributed by atoms with E-state index in [0.29, 0.717) is 54.6 Å². The summed E-state index contributed by atoms with van der Waals surface area (Å²) in [6, 6.07) is 9.84. The van der Waals surface area contributed by atoms with E-state index in [1.165, 1.54) is 27.4 Å². The summed E-state index contributed by atoms with van der Waals surface area (Å²) in [6.07, 6.45) is 4.77. The normalized spacial score (nSPS) is 21.7. The summed E-state index contributed by atoms with van der Waals surface area (Å²) >= 11 is 6.46. The van der Waals surface area contributed by atoms with Crippen LogP contribution in [0.15, 0.2) is 48.3 Å². The van der Waals surface area contributed by atoms with Crippen molar-refractivity contribution in [1.29, 1.82) is 0 Å². The van der Waals surface area contributed by atoms with Crippen molar-refractivity contribution in [2.75, 3.05) is 78.0 Å². The van der Waals surface area contributed by atoms with Gasteiger partial charge in [-0.3, -0.25) is 9.69 Å². The molecule has 0 bridgehead atoms. The fourth-order valence-electron chi connectivity index (χ4n) is 8.02. The summed E-state index contributed by atoms with van der Waals surface area (Å²) in [5, 5.41) is 5.94. The molecule has 2 heterocycles. The minimum atomic E-state index is -3.79. The third-order valence-electron chi connectivity index (χ3n) is 10.5. The average Bonchev–Trinajstić information content (AvgIpc) is 3.53. The van der Waals surface area contributed by atoms with E-state index in [2.05, 4.69) is 11.0 Å². The largest absolute Gasteiger partial charge is 0.490 e. The van der Waals surface area contributed by atoms with Crippen molar-refractivity contribution in [3.63, 3.8) is 0 Å². The lowest BCUT2D eigenvalue weighted by Gasteiger charge is -2.45. The minimum Gasteiger partial charge on any atom is -0.490 e. The number of methoxy groups -OCH3 is 3. The molecule has 1 fully saturated rings. The smallest absolute Gasteiger partial charge is 0.337 e. The molecule has 1 saturated heterocycles. The molecule has 4 atom stereocenters. The summed E-state index contributed by atoms with van der Waals surface area (Å²) in [6.45, 7) is 3.82. The molecule has 1 amide bonds. The molecule has 2 aromatic rings.